The van der Waals surface area contributed by atoms with Crippen molar-refractivity contribution in [3.05, 3.63) is 58.1 Å². The van der Waals surface area contributed by atoms with Gasteiger partial charge < -0.3 is 10.3 Å². The van der Waals surface area contributed by atoms with E-state index in [1.807, 2.05) is 12.1 Å². The molecule has 0 aliphatic heterocycles. The van der Waals surface area contributed by atoms with Crippen molar-refractivity contribution in [2.24, 2.45) is 0 Å². The minimum absolute atomic E-state index is 0.101. The Morgan fingerprint density at radius 2 is 1.90 bits per heavy atom. The third-order valence-electron chi connectivity index (χ3n) is 3.17. The van der Waals surface area contributed by atoms with E-state index < -0.39 is 0 Å². The summed E-state index contributed by atoms with van der Waals surface area (Å²) in [6.45, 7) is 3.61. The number of pyridine rings is 1. The summed E-state index contributed by atoms with van der Waals surface area (Å²) in [5, 5.41) is 3.24. The first kappa shape index (κ1) is 14.5. The van der Waals surface area contributed by atoms with Crippen LogP contribution in [0.4, 0.5) is 4.39 Å². The van der Waals surface area contributed by atoms with E-state index >= 15 is 0 Å². The lowest BCUT2D eigenvalue weighted by Crippen LogP contribution is -2.21. The number of H-pyrrole nitrogens is 1. The van der Waals surface area contributed by atoms with Crippen molar-refractivity contribution < 1.29 is 4.39 Å². The molecule has 106 valence electrons. The molecular weight excluding hydrogens is 255 g/mol. The van der Waals surface area contributed by atoms with Crippen LogP contribution >= 0.6 is 0 Å². The van der Waals surface area contributed by atoms with E-state index in [0.29, 0.717) is 17.8 Å². The zero-order valence-electron chi connectivity index (χ0n) is 11.6. The van der Waals surface area contributed by atoms with Crippen LogP contribution in [0.2, 0.25) is 0 Å². The summed E-state index contributed by atoms with van der Waals surface area (Å²) in [4.78, 5) is 14.8. The SMILES string of the molecule is CCCCNCc1ccc(-c2ccc(F)cc2)[nH]c1=O. The first-order chi connectivity index (χ1) is 9.70. The van der Waals surface area contributed by atoms with Gasteiger partial charge in [0.2, 0.25) is 0 Å². The first-order valence-corrected chi connectivity index (χ1v) is 6.89. The zero-order chi connectivity index (χ0) is 14.4. The molecule has 2 aromatic rings. The van der Waals surface area contributed by atoms with Gasteiger partial charge >= 0.3 is 0 Å². The number of nitrogens with one attached hydrogen (secondary N) is 2. The molecule has 0 radical (unpaired) electrons. The fourth-order valence-corrected chi connectivity index (χ4v) is 1.97. The van der Waals surface area contributed by atoms with Gasteiger partial charge in [0.25, 0.3) is 5.56 Å². The Labute approximate surface area is 117 Å². The van der Waals surface area contributed by atoms with Crippen LogP contribution < -0.4 is 10.9 Å². The Morgan fingerprint density at radius 1 is 1.15 bits per heavy atom. The number of aromatic amines is 1. The fraction of sp³-hybridized carbons (Fsp3) is 0.312. The Kier molecular flexibility index (Phi) is 5.07. The molecular formula is C16H19FN2O. The zero-order valence-corrected chi connectivity index (χ0v) is 11.6. The monoisotopic (exact) mass is 274 g/mol. The molecule has 0 saturated heterocycles. The Hall–Kier alpha value is -1.94. The smallest absolute Gasteiger partial charge is 0.252 e. The molecule has 0 aliphatic rings. The minimum Gasteiger partial charge on any atom is -0.322 e. The van der Waals surface area contributed by atoms with Crippen LogP contribution in [-0.2, 0) is 6.54 Å². The molecule has 3 nitrogen and oxygen atoms in total. The van der Waals surface area contributed by atoms with E-state index in [1.54, 1.807) is 12.1 Å². The van der Waals surface area contributed by atoms with Crippen molar-refractivity contribution in [2.45, 2.75) is 26.3 Å². The number of aromatic nitrogens is 1. The third kappa shape index (κ3) is 3.78. The number of hydrogen-bond acceptors (Lipinski definition) is 2. The summed E-state index contributed by atoms with van der Waals surface area (Å²) < 4.78 is 12.9. The van der Waals surface area contributed by atoms with Crippen molar-refractivity contribution in [1.29, 1.82) is 0 Å². The quantitative estimate of drug-likeness (QED) is 0.795. The van der Waals surface area contributed by atoms with Crippen LogP contribution in [0.1, 0.15) is 25.3 Å². The molecule has 4 heteroatoms. The number of benzene rings is 1. The van der Waals surface area contributed by atoms with Gasteiger partial charge in [0.15, 0.2) is 0 Å². The predicted molar refractivity (Wildman–Crippen MR) is 79.1 cm³/mol. The van der Waals surface area contributed by atoms with E-state index in [0.717, 1.165) is 24.9 Å². The lowest BCUT2D eigenvalue weighted by atomic mass is 10.1. The maximum absolute atomic E-state index is 12.9. The molecule has 0 bridgehead atoms. The molecule has 1 heterocycles. The Bertz CT molecular complexity index is 605. The van der Waals surface area contributed by atoms with Gasteiger partial charge in [-0.1, -0.05) is 19.4 Å². The number of rotatable bonds is 6. The number of halogens is 1. The summed E-state index contributed by atoms with van der Waals surface area (Å²) in [6.07, 6.45) is 2.23. The van der Waals surface area contributed by atoms with Gasteiger partial charge in [-0.2, -0.15) is 0 Å². The highest BCUT2D eigenvalue weighted by molar-refractivity contribution is 5.58. The van der Waals surface area contributed by atoms with Gasteiger partial charge in [-0.05, 0) is 48.9 Å². The minimum atomic E-state index is -0.284. The maximum atomic E-state index is 12.9. The van der Waals surface area contributed by atoms with Gasteiger partial charge in [0.1, 0.15) is 5.82 Å². The van der Waals surface area contributed by atoms with E-state index in [1.165, 1.54) is 12.1 Å². The molecule has 2 N–H and O–H groups in total. The van der Waals surface area contributed by atoms with Crippen molar-refractivity contribution in [1.82, 2.24) is 10.3 Å². The number of unbranched alkanes of at least 4 members (excludes halogenated alkanes) is 1. The second-order valence-corrected chi connectivity index (χ2v) is 4.76. The van der Waals surface area contributed by atoms with E-state index in [2.05, 4.69) is 17.2 Å². The highest BCUT2D eigenvalue weighted by atomic mass is 19.1. The molecule has 1 aromatic heterocycles. The topological polar surface area (TPSA) is 44.9 Å². The predicted octanol–water partition coefficient (Wildman–Crippen LogP) is 3.07. The molecule has 0 spiro atoms. The fourth-order valence-electron chi connectivity index (χ4n) is 1.97. The first-order valence-electron chi connectivity index (χ1n) is 6.89. The summed E-state index contributed by atoms with van der Waals surface area (Å²) in [5.74, 6) is -0.284. The molecule has 0 fully saturated rings. The third-order valence-corrected chi connectivity index (χ3v) is 3.17. The van der Waals surface area contributed by atoms with Crippen molar-refractivity contribution in [2.75, 3.05) is 6.54 Å². The highest BCUT2D eigenvalue weighted by Gasteiger charge is 2.03. The average molecular weight is 274 g/mol. The molecule has 20 heavy (non-hydrogen) atoms. The second-order valence-electron chi connectivity index (χ2n) is 4.76. The van der Waals surface area contributed by atoms with Crippen molar-refractivity contribution in [3.63, 3.8) is 0 Å². The van der Waals surface area contributed by atoms with Gasteiger partial charge in [-0.3, -0.25) is 4.79 Å². The van der Waals surface area contributed by atoms with Crippen LogP contribution in [0.5, 0.6) is 0 Å². The van der Waals surface area contributed by atoms with Crippen LogP contribution in [0.15, 0.2) is 41.2 Å². The normalized spacial score (nSPS) is 10.7. The summed E-state index contributed by atoms with van der Waals surface area (Å²) in [6, 6.07) is 9.74. The molecule has 1 aromatic carbocycles. The van der Waals surface area contributed by atoms with E-state index in [4.69, 9.17) is 0 Å². The summed E-state index contributed by atoms with van der Waals surface area (Å²) >= 11 is 0. The largest absolute Gasteiger partial charge is 0.322 e. The lowest BCUT2D eigenvalue weighted by Gasteiger charge is -2.06. The summed E-state index contributed by atoms with van der Waals surface area (Å²) in [5.41, 5.74) is 2.11. The van der Waals surface area contributed by atoms with Gasteiger partial charge in [0, 0.05) is 17.8 Å². The maximum Gasteiger partial charge on any atom is 0.252 e. The molecule has 0 unspecified atom stereocenters. The second kappa shape index (κ2) is 7.01. The van der Waals surface area contributed by atoms with Crippen LogP contribution in [0.25, 0.3) is 11.3 Å². The molecule has 0 atom stereocenters. The van der Waals surface area contributed by atoms with Crippen molar-refractivity contribution >= 4 is 0 Å². The van der Waals surface area contributed by atoms with E-state index in [-0.39, 0.29) is 11.4 Å². The molecule has 0 amide bonds. The van der Waals surface area contributed by atoms with Gasteiger partial charge in [-0.15, -0.1) is 0 Å². The summed E-state index contributed by atoms with van der Waals surface area (Å²) in [7, 11) is 0. The molecule has 0 aliphatic carbocycles. The average Bonchev–Trinajstić information content (AvgIpc) is 2.46. The highest BCUT2D eigenvalue weighted by Crippen LogP contribution is 2.15. The Morgan fingerprint density at radius 3 is 2.55 bits per heavy atom. The molecule has 0 saturated carbocycles. The van der Waals surface area contributed by atoms with Crippen LogP contribution in [0.3, 0.4) is 0 Å². The van der Waals surface area contributed by atoms with Crippen LogP contribution in [-0.4, -0.2) is 11.5 Å². The molecule has 2 rings (SSSR count). The van der Waals surface area contributed by atoms with Gasteiger partial charge in [0.05, 0.1) is 0 Å². The number of hydrogen-bond donors (Lipinski definition) is 2. The standard InChI is InChI=1S/C16H19FN2O/c1-2-3-10-18-11-13-6-9-15(19-16(13)20)12-4-7-14(17)8-5-12/h4-9,18H,2-3,10-11H2,1H3,(H,19,20). The Balaban J connectivity index is 2.09. The van der Waals surface area contributed by atoms with Gasteiger partial charge in [-0.25, -0.2) is 4.39 Å². The van der Waals surface area contributed by atoms with Crippen molar-refractivity contribution in [3.8, 4) is 11.3 Å². The lowest BCUT2D eigenvalue weighted by molar-refractivity contribution is 0.628. The van der Waals surface area contributed by atoms with Crippen LogP contribution in [0, 0.1) is 5.82 Å². The van der Waals surface area contributed by atoms with E-state index in [9.17, 15) is 9.18 Å².